The first-order valence-corrected chi connectivity index (χ1v) is 6.39. The number of amides is 1. The van der Waals surface area contributed by atoms with Crippen molar-refractivity contribution in [3.8, 4) is 0 Å². The number of nitrogens with one attached hydrogen (secondary N) is 1. The fourth-order valence-electron chi connectivity index (χ4n) is 1.95. The van der Waals surface area contributed by atoms with Gasteiger partial charge in [0.25, 0.3) is 0 Å². The molecule has 0 aliphatic rings. The Morgan fingerprint density at radius 2 is 2.21 bits per heavy atom. The highest BCUT2D eigenvalue weighted by Crippen LogP contribution is 2.13. The van der Waals surface area contributed by atoms with Crippen LogP contribution in [-0.2, 0) is 23.1 Å². The molecular weight excluding hydrogens is 246 g/mol. The Balaban J connectivity index is 2.51. The van der Waals surface area contributed by atoms with Gasteiger partial charge in [0, 0.05) is 19.7 Å². The molecule has 0 aliphatic carbocycles. The highest BCUT2D eigenvalue weighted by Gasteiger charge is 2.33. The molecule has 2 N–H and O–H groups in total. The molecule has 0 radical (unpaired) electrons. The first-order chi connectivity index (χ1) is 8.87. The molecule has 0 unspecified atom stereocenters. The Labute approximate surface area is 112 Å². The minimum atomic E-state index is -1.18. The molecule has 0 saturated carbocycles. The van der Waals surface area contributed by atoms with Gasteiger partial charge in [0.15, 0.2) is 0 Å². The maximum Gasteiger partial charge on any atom is 0.329 e. The van der Waals surface area contributed by atoms with Crippen LogP contribution in [0, 0.1) is 0 Å². The van der Waals surface area contributed by atoms with E-state index in [0.717, 1.165) is 5.56 Å². The molecule has 0 bridgehead atoms. The summed E-state index contributed by atoms with van der Waals surface area (Å²) in [5.41, 5.74) is -0.217. The molecule has 0 aliphatic heterocycles. The van der Waals surface area contributed by atoms with Gasteiger partial charge in [-0.15, -0.1) is 0 Å². The van der Waals surface area contributed by atoms with Crippen molar-refractivity contribution >= 4 is 11.9 Å². The average molecular weight is 267 g/mol. The lowest BCUT2D eigenvalue weighted by Crippen LogP contribution is -2.52. The molecular formula is C13H21N3O3. The summed E-state index contributed by atoms with van der Waals surface area (Å²) in [7, 11) is 1.81. The standard InChI is InChI=1S/C13H21N3O3/c1-4-7-13(2,12(18)19)15-11(17)6-5-10-8-14-16(3)9-10/h8-9H,4-7H2,1-3H3,(H,15,17)(H,18,19)/t13-/m1/s1. The molecule has 0 aromatic carbocycles. The molecule has 1 heterocycles. The third-order valence-corrected chi connectivity index (χ3v) is 3.04. The number of aliphatic carboxylic acids is 1. The largest absolute Gasteiger partial charge is 0.480 e. The van der Waals surface area contributed by atoms with Crippen molar-refractivity contribution in [2.24, 2.45) is 7.05 Å². The smallest absolute Gasteiger partial charge is 0.329 e. The van der Waals surface area contributed by atoms with E-state index in [9.17, 15) is 14.7 Å². The van der Waals surface area contributed by atoms with Gasteiger partial charge in [0.2, 0.25) is 5.91 Å². The van der Waals surface area contributed by atoms with Crippen molar-refractivity contribution in [1.29, 1.82) is 0 Å². The predicted molar refractivity (Wildman–Crippen MR) is 70.6 cm³/mol. The summed E-state index contributed by atoms with van der Waals surface area (Å²) >= 11 is 0. The maximum absolute atomic E-state index is 11.8. The average Bonchev–Trinajstić information content (AvgIpc) is 2.72. The zero-order valence-corrected chi connectivity index (χ0v) is 11.6. The van der Waals surface area contributed by atoms with Gasteiger partial charge in [-0.25, -0.2) is 4.79 Å². The third-order valence-electron chi connectivity index (χ3n) is 3.04. The lowest BCUT2D eigenvalue weighted by Gasteiger charge is -2.25. The van der Waals surface area contributed by atoms with Crippen LogP contribution in [0.25, 0.3) is 0 Å². The topological polar surface area (TPSA) is 84.2 Å². The Bertz CT molecular complexity index is 456. The van der Waals surface area contributed by atoms with E-state index >= 15 is 0 Å². The number of carboxylic acids is 1. The molecule has 1 rings (SSSR count). The summed E-state index contributed by atoms with van der Waals surface area (Å²) in [4.78, 5) is 23.0. The van der Waals surface area contributed by atoms with Gasteiger partial charge in [-0.3, -0.25) is 9.48 Å². The van der Waals surface area contributed by atoms with Crippen molar-refractivity contribution in [2.75, 3.05) is 0 Å². The minimum Gasteiger partial charge on any atom is -0.480 e. The normalized spacial score (nSPS) is 13.8. The van der Waals surface area contributed by atoms with E-state index in [1.54, 1.807) is 17.8 Å². The SMILES string of the molecule is CCC[C@@](C)(NC(=O)CCc1cnn(C)c1)C(=O)O. The summed E-state index contributed by atoms with van der Waals surface area (Å²) in [5, 5.41) is 15.8. The van der Waals surface area contributed by atoms with E-state index in [-0.39, 0.29) is 12.3 Å². The summed E-state index contributed by atoms with van der Waals surface area (Å²) in [6.07, 6.45) is 5.48. The number of hydrogen-bond donors (Lipinski definition) is 2. The van der Waals surface area contributed by atoms with Crippen molar-refractivity contribution in [3.05, 3.63) is 18.0 Å². The van der Waals surface area contributed by atoms with Crippen LogP contribution in [-0.4, -0.2) is 32.3 Å². The number of carboxylic acid groups (broad SMARTS) is 1. The monoisotopic (exact) mass is 267 g/mol. The van der Waals surface area contributed by atoms with Gasteiger partial charge < -0.3 is 10.4 Å². The quantitative estimate of drug-likeness (QED) is 0.775. The Hall–Kier alpha value is -1.85. The Kier molecular flexibility index (Phi) is 5.09. The van der Waals surface area contributed by atoms with E-state index in [1.165, 1.54) is 0 Å². The predicted octanol–water partition coefficient (Wildman–Crippen LogP) is 1.11. The van der Waals surface area contributed by atoms with Crippen molar-refractivity contribution in [2.45, 2.75) is 45.1 Å². The molecule has 0 spiro atoms. The molecule has 0 fully saturated rings. The van der Waals surface area contributed by atoms with Gasteiger partial charge in [-0.2, -0.15) is 5.10 Å². The van der Waals surface area contributed by atoms with E-state index in [0.29, 0.717) is 19.3 Å². The Morgan fingerprint density at radius 3 is 2.68 bits per heavy atom. The number of aryl methyl sites for hydroxylation is 2. The van der Waals surface area contributed by atoms with Crippen LogP contribution < -0.4 is 5.32 Å². The summed E-state index contributed by atoms with van der Waals surface area (Å²) in [5.74, 6) is -1.24. The van der Waals surface area contributed by atoms with E-state index < -0.39 is 11.5 Å². The van der Waals surface area contributed by atoms with Crippen LogP contribution in [0.5, 0.6) is 0 Å². The molecule has 6 nitrogen and oxygen atoms in total. The fraction of sp³-hybridized carbons (Fsp3) is 0.615. The van der Waals surface area contributed by atoms with Gasteiger partial charge in [-0.05, 0) is 25.3 Å². The van der Waals surface area contributed by atoms with E-state index in [2.05, 4.69) is 10.4 Å². The van der Waals surface area contributed by atoms with E-state index in [4.69, 9.17) is 0 Å². The zero-order chi connectivity index (χ0) is 14.5. The minimum absolute atomic E-state index is 0.248. The Morgan fingerprint density at radius 1 is 1.53 bits per heavy atom. The maximum atomic E-state index is 11.8. The summed E-state index contributed by atoms with van der Waals surface area (Å²) < 4.78 is 1.67. The van der Waals surface area contributed by atoms with E-state index in [1.807, 2.05) is 20.2 Å². The fourth-order valence-corrected chi connectivity index (χ4v) is 1.95. The number of carbonyl (C=O) groups excluding carboxylic acids is 1. The van der Waals surface area contributed by atoms with Crippen molar-refractivity contribution in [1.82, 2.24) is 15.1 Å². The van der Waals surface area contributed by atoms with Crippen LogP contribution in [0.4, 0.5) is 0 Å². The summed E-state index contributed by atoms with van der Waals surface area (Å²) in [6, 6.07) is 0. The zero-order valence-electron chi connectivity index (χ0n) is 11.6. The lowest BCUT2D eigenvalue weighted by atomic mass is 9.96. The van der Waals surface area contributed by atoms with Crippen molar-refractivity contribution in [3.63, 3.8) is 0 Å². The lowest BCUT2D eigenvalue weighted by molar-refractivity contribution is -0.147. The van der Waals surface area contributed by atoms with Gasteiger partial charge in [0.1, 0.15) is 5.54 Å². The first-order valence-electron chi connectivity index (χ1n) is 6.39. The van der Waals surface area contributed by atoms with Gasteiger partial charge in [-0.1, -0.05) is 13.3 Å². The molecule has 1 aromatic rings. The summed E-state index contributed by atoms with van der Waals surface area (Å²) in [6.45, 7) is 3.43. The van der Waals surface area contributed by atoms with Crippen LogP contribution in [0.3, 0.4) is 0 Å². The van der Waals surface area contributed by atoms with Crippen LogP contribution in [0.1, 0.15) is 38.7 Å². The molecule has 0 saturated heterocycles. The molecule has 1 aromatic heterocycles. The first kappa shape index (κ1) is 15.2. The third kappa shape index (κ3) is 4.39. The van der Waals surface area contributed by atoms with Gasteiger partial charge in [0.05, 0.1) is 6.20 Å². The molecule has 19 heavy (non-hydrogen) atoms. The van der Waals surface area contributed by atoms with Crippen molar-refractivity contribution < 1.29 is 14.7 Å². The highest BCUT2D eigenvalue weighted by molar-refractivity contribution is 5.86. The number of aromatic nitrogens is 2. The number of carbonyl (C=O) groups is 2. The van der Waals surface area contributed by atoms with Crippen LogP contribution in [0.15, 0.2) is 12.4 Å². The van der Waals surface area contributed by atoms with Gasteiger partial charge >= 0.3 is 5.97 Å². The number of rotatable bonds is 7. The number of hydrogen-bond acceptors (Lipinski definition) is 3. The molecule has 1 amide bonds. The molecule has 6 heteroatoms. The second-order valence-electron chi connectivity index (χ2n) is 4.96. The molecule has 1 atom stereocenters. The highest BCUT2D eigenvalue weighted by atomic mass is 16.4. The van der Waals surface area contributed by atoms with Crippen LogP contribution >= 0.6 is 0 Å². The molecule has 106 valence electrons. The second-order valence-corrected chi connectivity index (χ2v) is 4.96. The van der Waals surface area contributed by atoms with Crippen LogP contribution in [0.2, 0.25) is 0 Å². The number of nitrogens with zero attached hydrogens (tertiary/aromatic N) is 2. The second kappa shape index (κ2) is 6.36.